The number of esters is 1. The van der Waals surface area contributed by atoms with Crippen molar-refractivity contribution in [1.29, 1.82) is 0 Å². The van der Waals surface area contributed by atoms with Crippen molar-refractivity contribution < 1.29 is 19.0 Å². The van der Waals surface area contributed by atoms with E-state index in [-0.39, 0.29) is 13.2 Å². The van der Waals surface area contributed by atoms with Gasteiger partial charge in [0.1, 0.15) is 13.2 Å². The van der Waals surface area contributed by atoms with Gasteiger partial charge in [0.2, 0.25) is 5.88 Å². The van der Waals surface area contributed by atoms with Crippen molar-refractivity contribution in [2.75, 3.05) is 20.3 Å². The Morgan fingerprint density at radius 2 is 1.86 bits per heavy atom. The number of methoxy groups -OCH3 is 1. The first kappa shape index (κ1) is 16.4. The van der Waals surface area contributed by atoms with E-state index in [4.69, 9.17) is 37.4 Å². The van der Waals surface area contributed by atoms with Crippen LogP contribution in [0.3, 0.4) is 0 Å². The molecule has 0 atom stereocenters. The molecule has 2 rings (SSSR count). The Labute approximate surface area is 137 Å². The van der Waals surface area contributed by atoms with E-state index in [9.17, 15) is 4.79 Å². The van der Waals surface area contributed by atoms with E-state index in [0.29, 0.717) is 27.2 Å². The van der Waals surface area contributed by atoms with Crippen molar-refractivity contribution in [3.8, 4) is 11.6 Å². The summed E-state index contributed by atoms with van der Waals surface area (Å²) < 4.78 is 15.4. The number of para-hydroxylation sites is 1. The van der Waals surface area contributed by atoms with Crippen LogP contribution in [-0.2, 0) is 4.74 Å². The molecule has 1 aromatic heterocycles. The molecule has 7 heteroatoms. The van der Waals surface area contributed by atoms with Crippen molar-refractivity contribution in [1.82, 2.24) is 4.98 Å². The summed E-state index contributed by atoms with van der Waals surface area (Å²) in [6, 6.07) is 8.19. The number of halogens is 2. The van der Waals surface area contributed by atoms with Crippen LogP contribution in [0.5, 0.6) is 11.6 Å². The van der Waals surface area contributed by atoms with E-state index in [1.807, 2.05) is 0 Å². The number of benzene rings is 1. The van der Waals surface area contributed by atoms with Gasteiger partial charge in [-0.15, -0.1) is 0 Å². The molecule has 0 fully saturated rings. The van der Waals surface area contributed by atoms with Crippen molar-refractivity contribution in [3.05, 3.63) is 52.1 Å². The van der Waals surface area contributed by atoms with Crippen LogP contribution in [0.25, 0.3) is 0 Å². The molecular formula is C15H13Cl2NO4. The van der Waals surface area contributed by atoms with E-state index < -0.39 is 5.97 Å². The lowest BCUT2D eigenvalue weighted by molar-refractivity contribution is 0.0450. The zero-order chi connectivity index (χ0) is 15.9. The smallest absolute Gasteiger partial charge is 0.339 e. The summed E-state index contributed by atoms with van der Waals surface area (Å²) >= 11 is 11.9. The Bertz CT molecular complexity index is 626. The normalized spacial score (nSPS) is 10.1. The summed E-state index contributed by atoms with van der Waals surface area (Å²) in [5.41, 5.74) is 0.330. The van der Waals surface area contributed by atoms with E-state index in [2.05, 4.69) is 4.98 Å². The molecule has 0 saturated heterocycles. The Morgan fingerprint density at radius 3 is 2.45 bits per heavy atom. The first-order valence-corrected chi connectivity index (χ1v) is 7.11. The molecule has 2 aromatic rings. The number of carbonyl (C=O) groups excluding carboxylic acids is 1. The van der Waals surface area contributed by atoms with Crippen LogP contribution in [0.4, 0.5) is 0 Å². The third-order valence-electron chi connectivity index (χ3n) is 2.66. The number of hydrogen-bond acceptors (Lipinski definition) is 5. The number of aromatic nitrogens is 1. The highest BCUT2D eigenvalue weighted by atomic mass is 35.5. The maximum atomic E-state index is 11.8. The molecule has 116 valence electrons. The molecule has 0 spiro atoms. The lowest BCUT2D eigenvalue weighted by Crippen LogP contribution is -2.13. The standard InChI is InChI=1S/C15H13Cl2NO4/c1-20-13-6-5-10(9-18-13)15(19)22-8-7-21-14-11(16)3-2-4-12(14)17/h2-6,9H,7-8H2,1H3. The Balaban J connectivity index is 1.82. The average molecular weight is 342 g/mol. The fourth-order valence-electron chi connectivity index (χ4n) is 1.60. The highest BCUT2D eigenvalue weighted by molar-refractivity contribution is 6.37. The fourth-order valence-corrected chi connectivity index (χ4v) is 2.11. The quantitative estimate of drug-likeness (QED) is 0.593. The Hall–Kier alpha value is -1.98. The molecule has 0 amide bonds. The highest BCUT2D eigenvalue weighted by Gasteiger charge is 2.09. The molecule has 1 aromatic carbocycles. The molecule has 0 N–H and O–H groups in total. The Kier molecular flexibility index (Phi) is 5.86. The zero-order valence-electron chi connectivity index (χ0n) is 11.7. The van der Waals surface area contributed by atoms with E-state index >= 15 is 0 Å². The van der Waals surface area contributed by atoms with Gasteiger partial charge in [-0.25, -0.2) is 9.78 Å². The molecule has 0 aliphatic rings. The van der Waals surface area contributed by atoms with Gasteiger partial charge in [-0.1, -0.05) is 29.3 Å². The van der Waals surface area contributed by atoms with Crippen molar-refractivity contribution in [3.63, 3.8) is 0 Å². The van der Waals surface area contributed by atoms with Gasteiger partial charge in [0.25, 0.3) is 0 Å². The van der Waals surface area contributed by atoms with E-state index in [1.54, 1.807) is 30.3 Å². The van der Waals surface area contributed by atoms with Gasteiger partial charge >= 0.3 is 5.97 Å². The zero-order valence-corrected chi connectivity index (χ0v) is 13.2. The second kappa shape index (κ2) is 7.87. The number of pyridine rings is 1. The third-order valence-corrected chi connectivity index (χ3v) is 3.26. The minimum absolute atomic E-state index is 0.0619. The van der Waals surface area contributed by atoms with Crippen LogP contribution < -0.4 is 9.47 Å². The van der Waals surface area contributed by atoms with Gasteiger partial charge in [-0.3, -0.25) is 0 Å². The van der Waals surface area contributed by atoms with Gasteiger partial charge in [-0.05, 0) is 18.2 Å². The van der Waals surface area contributed by atoms with Crippen molar-refractivity contribution >= 4 is 29.2 Å². The van der Waals surface area contributed by atoms with Gasteiger partial charge in [0.05, 0.1) is 22.7 Å². The maximum Gasteiger partial charge on any atom is 0.339 e. The minimum Gasteiger partial charge on any atom is -0.487 e. The fraction of sp³-hybridized carbons (Fsp3) is 0.200. The van der Waals surface area contributed by atoms with Crippen LogP contribution in [0, 0.1) is 0 Å². The molecule has 0 bridgehead atoms. The van der Waals surface area contributed by atoms with Crippen molar-refractivity contribution in [2.45, 2.75) is 0 Å². The van der Waals surface area contributed by atoms with Crippen molar-refractivity contribution in [2.24, 2.45) is 0 Å². The molecule has 0 saturated carbocycles. The summed E-state index contributed by atoms with van der Waals surface area (Å²) in [5.74, 6) is 0.297. The van der Waals surface area contributed by atoms with Crippen LogP contribution in [0.1, 0.15) is 10.4 Å². The summed E-state index contributed by atoms with van der Waals surface area (Å²) in [7, 11) is 1.50. The minimum atomic E-state index is -0.496. The highest BCUT2D eigenvalue weighted by Crippen LogP contribution is 2.32. The number of nitrogens with zero attached hydrogens (tertiary/aromatic N) is 1. The molecule has 0 unspecified atom stereocenters. The third kappa shape index (κ3) is 4.26. The lowest BCUT2D eigenvalue weighted by Gasteiger charge is -2.10. The predicted octanol–water partition coefficient (Wildman–Crippen LogP) is 3.63. The average Bonchev–Trinajstić information content (AvgIpc) is 2.53. The molecule has 1 heterocycles. The first-order chi connectivity index (χ1) is 10.6. The number of hydrogen-bond donors (Lipinski definition) is 0. The summed E-state index contributed by atoms with van der Waals surface area (Å²) in [5, 5.41) is 0.802. The van der Waals surface area contributed by atoms with Crippen LogP contribution >= 0.6 is 23.2 Å². The van der Waals surface area contributed by atoms with Crippen LogP contribution in [-0.4, -0.2) is 31.3 Å². The monoisotopic (exact) mass is 341 g/mol. The topological polar surface area (TPSA) is 57.7 Å². The number of ether oxygens (including phenoxy) is 3. The van der Waals surface area contributed by atoms with E-state index in [0.717, 1.165) is 0 Å². The number of carbonyl (C=O) groups is 1. The molecule has 5 nitrogen and oxygen atoms in total. The molecule has 0 radical (unpaired) electrons. The molecule has 0 aliphatic carbocycles. The van der Waals surface area contributed by atoms with Gasteiger partial charge < -0.3 is 14.2 Å². The first-order valence-electron chi connectivity index (χ1n) is 6.36. The van der Waals surface area contributed by atoms with Gasteiger partial charge in [0, 0.05) is 12.3 Å². The second-order valence-electron chi connectivity index (χ2n) is 4.12. The van der Waals surface area contributed by atoms with Gasteiger partial charge in [0.15, 0.2) is 5.75 Å². The summed E-state index contributed by atoms with van der Waals surface area (Å²) in [6.45, 7) is 0.200. The largest absolute Gasteiger partial charge is 0.487 e. The summed E-state index contributed by atoms with van der Waals surface area (Å²) in [6.07, 6.45) is 1.38. The second-order valence-corrected chi connectivity index (χ2v) is 4.94. The molecule has 0 aliphatic heterocycles. The van der Waals surface area contributed by atoms with E-state index in [1.165, 1.54) is 13.3 Å². The predicted molar refractivity (Wildman–Crippen MR) is 83.0 cm³/mol. The number of rotatable bonds is 6. The molecule has 22 heavy (non-hydrogen) atoms. The SMILES string of the molecule is COc1ccc(C(=O)OCCOc2c(Cl)cccc2Cl)cn1. The Morgan fingerprint density at radius 1 is 1.14 bits per heavy atom. The van der Waals surface area contributed by atoms with Crippen LogP contribution in [0.15, 0.2) is 36.5 Å². The lowest BCUT2D eigenvalue weighted by atomic mass is 10.3. The molecular weight excluding hydrogens is 329 g/mol. The maximum absolute atomic E-state index is 11.8. The van der Waals surface area contributed by atoms with Gasteiger partial charge in [-0.2, -0.15) is 0 Å². The van der Waals surface area contributed by atoms with Crippen LogP contribution in [0.2, 0.25) is 10.0 Å². The summed E-state index contributed by atoms with van der Waals surface area (Å²) in [4.78, 5) is 15.7.